The number of carbonyl (C=O) groups is 2. The van der Waals surface area contributed by atoms with Crippen molar-refractivity contribution < 1.29 is 24.2 Å². The molecule has 2 N–H and O–H groups in total. The van der Waals surface area contributed by atoms with Gasteiger partial charge in [0.1, 0.15) is 5.25 Å². The van der Waals surface area contributed by atoms with Crippen molar-refractivity contribution in [3.63, 3.8) is 0 Å². The van der Waals surface area contributed by atoms with E-state index in [1.165, 1.54) is 13.3 Å². The minimum absolute atomic E-state index is 0.250. The number of halogens is 1. The van der Waals surface area contributed by atoms with Crippen LogP contribution in [-0.2, 0) is 9.59 Å². The molecule has 27 heavy (non-hydrogen) atoms. The number of amidine groups is 1. The fourth-order valence-corrected chi connectivity index (χ4v) is 3.35. The summed E-state index contributed by atoms with van der Waals surface area (Å²) in [5, 5.41) is 19.0. The number of hydrogen-bond donors (Lipinski definition) is 2. The first-order chi connectivity index (χ1) is 12.9. The van der Waals surface area contributed by atoms with Crippen molar-refractivity contribution in [3.05, 3.63) is 22.7 Å². The first kappa shape index (κ1) is 21.0. The third-order valence-corrected chi connectivity index (χ3v) is 4.84. The highest BCUT2D eigenvalue weighted by Crippen LogP contribution is 2.36. The lowest BCUT2D eigenvalue weighted by Crippen LogP contribution is -2.26. The molecule has 8 nitrogen and oxygen atoms in total. The third-order valence-electron chi connectivity index (χ3n) is 3.49. The Balaban J connectivity index is 2.07. The summed E-state index contributed by atoms with van der Waals surface area (Å²) >= 11 is 7.30. The molecule has 2 rings (SSSR count). The van der Waals surface area contributed by atoms with Crippen LogP contribution in [0, 0.1) is 0 Å². The van der Waals surface area contributed by atoms with Crippen molar-refractivity contribution in [2.75, 3.05) is 13.7 Å². The summed E-state index contributed by atoms with van der Waals surface area (Å²) in [5.41, 5.74) is 0.639. The Bertz CT molecular complexity index is 769. The Morgan fingerprint density at radius 1 is 1.48 bits per heavy atom. The highest BCUT2D eigenvalue weighted by atomic mass is 35.5. The summed E-state index contributed by atoms with van der Waals surface area (Å²) in [6.07, 6.45) is 3.10. The van der Waals surface area contributed by atoms with Crippen molar-refractivity contribution >= 4 is 46.6 Å². The lowest BCUT2D eigenvalue weighted by atomic mass is 10.2. The normalized spacial score (nSPS) is 18.1. The summed E-state index contributed by atoms with van der Waals surface area (Å²) < 4.78 is 11.0. The molecule has 0 aromatic heterocycles. The zero-order valence-corrected chi connectivity index (χ0v) is 16.5. The average Bonchev–Trinajstić information content (AvgIpc) is 2.95. The molecule has 1 heterocycles. The number of unbranched alkanes of at least 4 members (excludes halogenated alkanes) is 1. The molecule has 0 radical (unpaired) electrons. The Morgan fingerprint density at radius 3 is 2.93 bits per heavy atom. The van der Waals surface area contributed by atoms with Crippen LogP contribution in [-0.4, -0.2) is 47.3 Å². The van der Waals surface area contributed by atoms with Crippen molar-refractivity contribution in [3.8, 4) is 11.5 Å². The zero-order chi connectivity index (χ0) is 19.8. The van der Waals surface area contributed by atoms with Gasteiger partial charge in [-0.05, 0) is 18.6 Å². The van der Waals surface area contributed by atoms with E-state index in [-0.39, 0.29) is 11.6 Å². The number of carboxylic acid groups (broad SMARTS) is 1. The summed E-state index contributed by atoms with van der Waals surface area (Å²) in [4.78, 5) is 22.4. The molecule has 0 saturated carbocycles. The Morgan fingerprint density at radius 2 is 2.26 bits per heavy atom. The van der Waals surface area contributed by atoms with E-state index in [2.05, 4.69) is 22.4 Å². The molecule has 1 unspecified atom stereocenters. The maximum atomic E-state index is 11.7. The molecule has 1 aliphatic heterocycles. The quantitative estimate of drug-likeness (QED) is 0.366. The van der Waals surface area contributed by atoms with Crippen molar-refractivity contribution in [2.24, 2.45) is 10.2 Å². The number of thioether (sulfide) groups is 1. The summed E-state index contributed by atoms with van der Waals surface area (Å²) in [6, 6.07) is 3.38. The van der Waals surface area contributed by atoms with E-state index in [4.69, 9.17) is 26.2 Å². The second kappa shape index (κ2) is 10.2. The zero-order valence-electron chi connectivity index (χ0n) is 14.9. The van der Waals surface area contributed by atoms with Crippen LogP contribution < -0.4 is 14.8 Å². The van der Waals surface area contributed by atoms with Crippen LogP contribution >= 0.6 is 23.4 Å². The molecule has 1 amide bonds. The fourth-order valence-electron chi connectivity index (χ4n) is 2.17. The largest absolute Gasteiger partial charge is 0.493 e. The second-order valence-corrected chi connectivity index (χ2v) is 7.18. The molecule has 1 atom stereocenters. The Hall–Kier alpha value is -2.26. The lowest BCUT2D eigenvalue weighted by Gasteiger charge is -2.12. The van der Waals surface area contributed by atoms with Crippen molar-refractivity contribution in [1.29, 1.82) is 0 Å². The van der Waals surface area contributed by atoms with Crippen molar-refractivity contribution in [2.45, 2.75) is 31.4 Å². The van der Waals surface area contributed by atoms with Gasteiger partial charge in [0, 0.05) is 5.56 Å². The molecule has 146 valence electrons. The van der Waals surface area contributed by atoms with Crippen LogP contribution in [0.15, 0.2) is 22.3 Å². The molecular formula is C17H20ClN3O5S. The van der Waals surface area contributed by atoms with Gasteiger partial charge in [-0.3, -0.25) is 9.59 Å². The summed E-state index contributed by atoms with van der Waals surface area (Å²) in [6.45, 7) is 2.61. The predicted octanol–water partition coefficient (Wildman–Crippen LogP) is 2.92. The van der Waals surface area contributed by atoms with E-state index >= 15 is 0 Å². The molecular weight excluding hydrogens is 394 g/mol. The van der Waals surface area contributed by atoms with Gasteiger partial charge in [-0.1, -0.05) is 36.7 Å². The fraction of sp³-hybridized carbons (Fsp3) is 0.412. The number of nitrogens with one attached hydrogen (secondary N) is 1. The number of carbonyl (C=O) groups excluding carboxylic acids is 1. The maximum absolute atomic E-state index is 11.7. The van der Waals surface area contributed by atoms with Gasteiger partial charge in [-0.15, -0.1) is 5.10 Å². The van der Waals surface area contributed by atoms with Gasteiger partial charge in [0.15, 0.2) is 16.7 Å². The van der Waals surface area contributed by atoms with Gasteiger partial charge >= 0.3 is 5.97 Å². The average molecular weight is 414 g/mol. The van der Waals surface area contributed by atoms with Gasteiger partial charge in [0.05, 0.1) is 31.4 Å². The number of ether oxygens (including phenoxy) is 2. The molecule has 1 saturated heterocycles. The van der Waals surface area contributed by atoms with Crippen LogP contribution in [0.4, 0.5) is 0 Å². The van der Waals surface area contributed by atoms with Crippen LogP contribution in [0.5, 0.6) is 11.5 Å². The maximum Gasteiger partial charge on any atom is 0.305 e. The number of nitrogens with zero attached hydrogens (tertiary/aromatic N) is 2. The molecule has 1 fully saturated rings. The van der Waals surface area contributed by atoms with E-state index in [0.717, 1.165) is 24.6 Å². The lowest BCUT2D eigenvalue weighted by molar-refractivity contribution is -0.138. The van der Waals surface area contributed by atoms with E-state index < -0.39 is 17.1 Å². The first-order valence-corrected chi connectivity index (χ1v) is 9.51. The number of carboxylic acids is 1. The minimum Gasteiger partial charge on any atom is -0.493 e. The molecule has 10 heteroatoms. The standard InChI is InChI=1S/C17H20ClN3O5S/c1-3-4-5-26-15-11(18)6-10(7-12(15)25-2)9-19-21-17-20-16(24)13(27-17)8-14(22)23/h6-7,9,13H,3-5,8H2,1-2H3,(H,22,23)(H,20,21,24). The van der Waals surface area contributed by atoms with Gasteiger partial charge in [0.2, 0.25) is 5.91 Å². The SMILES string of the molecule is CCCCOc1c(Cl)cc(C=NN=C2NC(=O)C(CC(=O)O)S2)cc1OC. The second-order valence-electron chi connectivity index (χ2n) is 5.58. The first-order valence-electron chi connectivity index (χ1n) is 8.25. The molecule has 0 bridgehead atoms. The molecule has 1 aromatic rings. The van der Waals surface area contributed by atoms with E-state index in [1.54, 1.807) is 12.1 Å². The summed E-state index contributed by atoms with van der Waals surface area (Å²) in [5.74, 6) is -0.478. The minimum atomic E-state index is -1.05. The van der Waals surface area contributed by atoms with Crippen LogP contribution in [0.25, 0.3) is 0 Å². The molecule has 1 aliphatic rings. The number of rotatable bonds is 9. The topological polar surface area (TPSA) is 110 Å². The van der Waals surface area contributed by atoms with E-state index in [1.807, 2.05) is 0 Å². The smallest absolute Gasteiger partial charge is 0.305 e. The monoisotopic (exact) mass is 413 g/mol. The Labute approximate surface area is 166 Å². The number of amides is 1. The number of benzene rings is 1. The molecule has 1 aromatic carbocycles. The molecule has 0 aliphatic carbocycles. The van der Waals surface area contributed by atoms with Gasteiger partial charge < -0.3 is 19.9 Å². The number of hydrogen-bond acceptors (Lipinski definition) is 7. The van der Waals surface area contributed by atoms with E-state index in [9.17, 15) is 9.59 Å². The number of aliphatic carboxylic acids is 1. The highest BCUT2D eigenvalue weighted by Gasteiger charge is 2.32. The highest BCUT2D eigenvalue weighted by molar-refractivity contribution is 8.15. The van der Waals surface area contributed by atoms with Crippen LogP contribution in [0.3, 0.4) is 0 Å². The van der Waals surface area contributed by atoms with Gasteiger partial charge in [-0.25, -0.2) is 0 Å². The van der Waals surface area contributed by atoms with E-state index in [0.29, 0.717) is 28.7 Å². The number of methoxy groups -OCH3 is 1. The van der Waals surface area contributed by atoms with Crippen LogP contribution in [0.2, 0.25) is 5.02 Å². The third kappa shape index (κ3) is 6.14. The molecule has 0 spiro atoms. The summed E-state index contributed by atoms with van der Waals surface area (Å²) in [7, 11) is 1.52. The van der Waals surface area contributed by atoms with Crippen molar-refractivity contribution in [1.82, 2.24) is 5.32 Å². The Kier molecular flexibility index (Phi) is 7.93. The predicted molar refractivity (Wildman–Crippen MR) is 105 cm³/mol. The van der Waals surface area contributed by atoms with Gasteiger partial charge in [0.25, 0.3) is 0 Å². The van der Waals surface area contributed by atoms with Crippen LogP contribution in [0.1, 0.15) is 31.7 Å². The van der Waals surface area contributed by atoms with Gasteiger partial charge in [-0.2, -0.15) is 5.10 Å².